The van der Waals surface area contributed by atoms with Crippen LogP contribution in [0.2, 0.25) is 0 Å². The Labute approximate surface area is 176 Å². The molecule has 162 valence electrons. The lowest BCUT2D eigenvalue weighted by molar-refractivity contribution is 0.123. The summed E-state index contributed by atoms with van der Waals surface area (Å²) >= 11 is 0. The van der Waals surface area contributed by atoms with Gasteiger partial charge in [0.25, 0.3) is 0 Å². The topological polar surface area (TPSA) is 52.1 Å². The highest BCUT2D eigenvalue weighted by Crippen LogP contribution is 2.28. The minimum absolute atomic E-state index is 0.784. The first-order valence-corrected chi connectivity index (χ1v) is 11.2. The third-order valence-corrected chi connectivity index (χ3v) is 5.73. The molecule has 0 spiro atoms. The molecule has 0 bridgehead atoms. The van der Waals surface area contributed by atoms with Crippen molar-refractivity contribution in [2.75, 3.05) is 60.0 Å². The van der Waals surface area contributed by atoms with Crippen molar-refractivity contribution < 1.29 is 4.74 Å². The maximum absolute atomic E-state index is 5.67. The molecule has 1 aromatic carbocycles. The number of likely N-dealkylation sites (N-methyl/N-ethyl adjacent to an activating group) is 1. The van der Waals surface area contributed by atoms with Crippen LogP contribution < -0.4 is 10.6 Å². The number of rotatable bonds is 10. The van der Waals surface area contributed by atoms with Crippen molar-refractivity contribution in [1.29, 1.82) is 0 Å². The van der Waals surface area contributed by atoms with Crippen LogP contribution in [0.4, 0.5) is 0 Å². The largest absolute Gasteiger partial charge is 0.381 e. The molecule has 29 heavy (non-hydrogen) atoms. The van der Waals surface area contributed by atoms with Gasteiger partial charge in [0.2, 0.25) is 0 Å². The molecule has 1 saturated heterocycles. The minimum Gasteiger partial charge on any atom is -0.381 e. The van der Waals surface area contributed by atoms with Gasteiger partial charge < -0.3 is 20.3 Å². The number of guanidine groups is 1. The highest BCUT2D eigenvalue weighted by atomic mass is 16.5. The summed E-state index contributed by atoms with van der Waals surface area (Å²) in [7, 11) is 4.04. The Morgan fingerprint density at radius 2 is 1.86 bits per heavy atom. The van der Waals surface area contributed by atoms with Crippen molar-refractivity contribution in [3.63, 3.8) is 0 Å². The summed E-state index contributed by atoms with van der Waals surface area (Å²) in [5.74, 6) is 1.69. The number of hydrogen-bond donors (Lipinski definition) is 2. The van der Waals surface area contributed by atoms with Crippen molar-refractivity contribution in [2.24, 2.45) is 10.9 Å². The van der Waals surface area contributed by atoms with Crippen LogP contribution in [0.25, 0.3) is 0 Å². The summed E-state index contributed by atoms with van der Waals surface area (Å²) in [5.41, 5.74) is 2.67. The molecule has 3 rings (SSSR count). The van der Waals surface area contributed by atoms with E-state index in [-0.39, 0.29) is 0 Å². The predicted molar refractivity (Wildman–Crippen MR) is 120 cm³/mol. The lowest BCUT2D eigenvalue weighted by atomic mass is 10.1. The molecule has 1 aliphatic carbocycles. The number of benzene rings is 1. The van der Waals surface area contributed by atoms with Gasteiger partial charge >= 0.3 is 0 Å². The van der Waals surface area contributed by atoms with E-state index in [0.29, 0.717) is 0 Å². The normalized spacial score (nSPS) is 19.2. The van der Waals surface area contributed by atoms with Crippen LogP contribution in [0.3, 0.4) is 0 Å². The van der Waals surface area contributed by atoms with E-state index in [1.165, 1.54) is 50.0 Å². The molecule has 1 aliphatic heterocycles. The smallest absolute Gasteiger partial charge is 0.191 e. The second-order valence-corrected chi connectivity index (χ2v) is 8.47. The molecule has 1 heterocycles. The molecule has 0 amide bonds. The fraction of sp³-hybridized carbons (Fsp3) is 0.696. The molecule has 0 unspecified atom stereocenters. The Kier molecular flexibility index (Phi) is 9.25. The van der Waals surface area contributed by atoms with E-state index in [2.05, 4.69) is 56.7 Å². The second-order valence-electron chi connectivity index (χ2n) is 8.47. The Morgan fingerprint density at radius 1 is 1.07 bits per heavy atom. The molecular weight excluding hydrogens is 362 g/mol. The zero-order chi connectivity index (χ0) is 20.3. The van der Waals surface area contributed by atoms with Gasteiger partial charge in [0.15, 0.2) is 5.96 Å². The lowest BCUT2D eigenvalue weighted by Gasteiger charge is -2.20. The maximum atomic E-state index is 5.67. The molecule has 0 radical (unpaired) electrons. The first kappa shape index (κ1) is 22.1. The van der Waals surface area contributed by atoms with E-state index in [4.69, 9.17) is 4.74 Å². The van der Waals surface area contributed by atoms with E-state index < -0.39 is 0 Å². The minimum atomic E-state index is 0.784. The van der Waals surface area contributed by atoms with Crippen molar-refractivity contribution in [3.8, 4) is 0 Å². The van der Waals surface area contributed by atoms with Crippen LogP contribution in [0, 0.1) is 5.92 Å². The van der Waals surface area contributed by atoms with Crippen LogP contribution in [0.1, 0.15) is 36.8 Å². The van der Waals surface area contributed by atoms with Crippen LogP contribution in [-0.2, 0) is 17.8 Å². The first-order valence-electron chi connectivity index (χ1n) is 11.2. The Balaban J connectivity index is 1.31. The number of nitrogens with zero attached hydrogens (tertiary/aromatic N) is 3. The zero-order valence-corrected chi connectivity index (χ0v) is 18.3. The van der Waals surface area contributed by atoms with Gasteiger partial charge in [-0.15, -0.1) is 0 Å². The fourth-order valence-corrected chi connectivity index (χ4v) is 3.60. The van der Waals surface area contributed by atoms with Crippen molar-refractivity contribution >= 4 is 5.96 Å². The van der Waals surface area contributed by atoms with Crippen LogP contribution in [-0.4, -0.2) is 75.8 Å². The van der Waals surface area contributed by atoms with Crippen LogP contribution in [0.15, 0.2) is 29.3 Å². The molecule has 1 aromatic rings. The molecule has 2 fully saturated rings. The highest BCUT2D eigenvalue weighted by Gasteiger charge is 2.20. The molecule has 1 saturated carbocycles. The van der Waals surface area contributed by atoms with Gasteiger partial charge in [0.05, 0.1) is 0 Å². The van der Waals surface area contributed by atoms with E-state index in [1.54, 1.807) is 0 Å². The predicted octanol–water partition coefficient (Wildman–Crippen LogP) is 2.31. The molecule has 2 N–H and O–H groups in total. The van der Waals surface area contributed by atoms with Gasteiger partial charge in [0.1, 0.15) is 0 Å². The van der Waals surface area contributed by atoms with Crippen LogP contribution >= 0.6 is 0 Å². The van der Waals surface area contributed by atoms with E-state index in [9.17, 15) is 0 Å². The Bertz CT molecular complexity index is 614. The number of ether oxygens (including phenoxy) is 1. The van der Waals surface area contributed by atoms with E-state index in [1.807, 2.05) is 7.05 Å². The van der Waals surface area contributed by atoms with Crippen molar-refractivity contribution in [1.82, 2.24) is 20.4 Å². The molecule has 0 aromatic heterocycles. The van der Waals surface area contributed by atoms with Gasteiger partial charge in [-0.1, -0.05) is 24.3 Å². The SMILES string of the molecule is CN=C(NCCCOCC1CC1)NCc1ccc(CN2CCCN(C)CC2)cc1. The Morgan fingerprint density at radius 3 is 2.62 bits per heavy atom. The Hall–Kier alpha value is -1.63. The van der Waals surface area contributed by atoms with E-state index in [0.717, 1.165) is 57.7 Å². The van der Waals surface area contributed by atoms with Gasteiger partial charge in [-0.25, -0.2) is 0 Å². The summed E-state index contributed by atoms with van der Waals surface area (Å²) in [5, 5.41) is 6.77. The second kappa shape index (κ2) is 12.2. The van der Waals surface area contributed by atoms with Crippen LogP contribution in [0.5, 0.6) is 0 Å². The molecule has 6 nitrogen and oxygen atoms in total. The first-order chi connectivity index (χ1) is 14.2. The summed E-state index contributed by atoms with van der Waals surface area (Å²) in [4.78, 5) is 9.31. The average Bonchev–Trinajstić information content (AvgIpc) is 3.57. The monoisotopic (exact) mass is 401 g/mol. The number of hydrogen-bond acceptors (Lipinski definition) is 4. The molecule has 2 aliphatic rings. The summed E-state index contributed by atoms with van der Waals surface area (Å²) < 4.78 is 5.67. The summed E-state index contributed by atoms with van der Waals surface area (Å²) in [6, 6.07) is 8.98. The van der Waals surface area contributed by atoms with Crippen molar-refractivity contribution in [3.05, 3.63) is 35.4 Å². The fourth-order valence-electron chi connectivity index (χ4n) is 3.60. The summed E-state index contributed by atoms with van der Waals surface area (Å²) in [6.45, 7) is 9.22. The third-order valence-electron chi connectivity index (χ3n) is 5.73. The molecule has 6 heteroatoms. The number of nitrogens with one attached hydrogen (secondary N) is 2. The molecule has 0 atom stereocenters. The van der Waals surface area contributed by atoms with E-state index >= 15 is 0 Å². The highest BCUT2D eigenvalue weighted by molar-refractivity contribution is 5.79. The zero-order valence-electron chi connectivity index (χ0n) is 18.3. The standard InChI is InChI=1S/C23H39N5O/c1-24-23(25-11-3-16-29-19-22-9-10-22)26-17-20-5-7-21(8-6-20)18-28-13-4-12-27(2)14-15-28/h5-8,22H,3-4,9-19H2,1-2H3,(H2,24,25,26). The van der Waals surface area contributed by atoms with Gasteiger partial charge in [-0.2, -0.15) is 0 Å². The summed E-state index contributed by atoms with van der Waals surface area (Å²) in [6.07, 6.45) is 4.98. The molecular formula is C23H39N5O. The number of aliphatic imine (C=N–C) groups is 1. The van der Waals surface area contributed by atoms with Crippen molar-refractivity contribution in [2.45, 2.75) is 38.8 Å². The van der Waals surface area contributed by atoms with Gasteiger partial charge in [-0.3, -0.25) is 9.89 Å². The quantitative estimate of drug-likeness (QED) is 0.358. The maximum Gasteiger partial charge on any atom is 0.191 e. The van der Waals surface area contributed by atoms with Gasteiger partial charge in [0, 0.05) is 53.0 Å². The third kappa shape index (κ3) is 8.72. The average molecular weight is 402 g/mol. The lowest BCUT2D eigenvalue weighted by Crippen LogP contribution is -2.37. The van der Waals surface area contributed by atoms with Gasteiger partial charge in [-0.05, 0) is 62.9 Å².